The molecule has 0 fully saturated rings. The second kappa shape index (κ2) is 9.27. The standard InChI is InChI=1S/C18H19F2NO3S/c1-2-13(12-6-3-4-7-15(12)24-18(19)20)21-17(23)10-9-14(22)16-8-5-11-25-16/h3-8,11,13,18H,2,9-10H2,1H3,(H,21,23). The Morgan fingerprint density at radius 1 is 1.16 bits per heavy atom. The van der Waals surface area contributed by atoms with Gasteiger partial charge in [-0.2, -0.15) is 8.78 Å². The van der Waals surface area contributed by atoms with Crippen molar-refractivity contribution in [2.24, 2.45) is 0 Å². The van der Waals surface area contributed by atoms with E-state index in [-0.39, 0.29) is 30.3 Å². The van der Waals surface area contributed by atoms with Gasteiger partial charge in [0.15, 0.2) is 5.78 Å². The highest BCUT2D eigenvalue weighted by molar-refractivity contribution is 7.12. The summed E-state index contributed by atoms with van der Waals surface area (Å²) in [7, 11) is 0. The number of Topliss-reactive ketones (excluding diaryl/α,β-unsaturated/α-hetero) is 1. The molecule has 0 saturated carbocycles. The molecule has 4 nitrogen and oxygen atoms in total. The van der Waals surface area contributed by atoms with Crippen LogP contribution in [0.15, 0.2) is 41.8 Å². The molecule has 25 heavy (non-hydrogen) atoms. The molecular formula is C18H19F2NO3S. The van der Waals surface area contributed by atoms with Gasteiger partial charge in [0, 0.05) is 18.4 Å². The van der Waals surface area contributed by atoms with E-state index < -0.39 is 12.7 Å². The number of alkyl halides is 2. The Hall–Kier alpha value is -2.28. The third kappa shape index (κ3) is 5.63. The Morgan fingerprint density at radius 3 is 2.56 bits per heavy atom. The van der Waals surface area contributed by atoms with E-state index in [1.54, 1.807) is 35.7 Å². The largest absolute Gasteiger partial charge is 0.434 e. The van der Waals surface area contributed by atoms with Gasteiger partial charge in [0.1, 0.15) is 5.75 Å². The van der Waals surface area contributed by atoms with Crippen molar-refractivity contribution in [3.8, 4) is 5.75 Å². The number of ether oxygens (including phenoxy) is 1. The van der Waals surface area contributed by atoms with Crippen molar-refractivity contribution < 1.29 is 23.1 Å². The first-order valence-corrected chi connectivity index (χ1v) is 8.79. The van der Waals surface area contributed by atoms with Crippen molar-refractivity contribution in [3.63, 3.8) is 0 Å². The van der Waals surface area contributed by atoms with Crippen LogP contribution in [-0.2, 0) is 4.79 Å². The van der Waals surface area contributed by atoms with Gasteiger partial charge in [-0.3, -0.25) is 9.59 Å². The fourth-order valence-corrected chi connectivity index (χ4v) is 3.12. The van der Waals surface area contributed by atoms with Crippen LogP contribution in [0.1, 0.15) is 47.5 Å². The van der Waals surface area contributed by atoms with E-state index >= 15 is 0 Å². The number of rotatable bonds is 9. The first-order chi connectivity index (χ1) is 12.0. The van der Waals surface area contributed by atoms with Gasteiger partial charge in [-0.25, -0.2) is 0 Å². The van der Waals surface area contributed by atoms with Gasteiger partial charge in [0.25, 0.3) is 0 Å². The molecule has 0 aliphatic heterocycles. The van der Waals surface area contributed by atoms with E-state index in [0.29, 0.717) is 16.9 Å². The minimum atomic E-state index is -2.93. The molecule has 2 rings (SSSR count). The summed E-state index contributed by atoms with van der Waals surface area (Å²) in [6, 6.07) is 9.42. The second-order valence-corrected chi connectivity index (χ2v) is 6.29. The number of ketones is 1. The number of halogens is 2. The van der Waals surface area contributed by atoms with Crippen molar-refractivity contribution in [3.05, 3.63) is 52.2 Å². The zero-order chi connectivity index (χ0) is 18.2. The molecule has 1 unspecified atom stereocenters. The molecule has 2 aromatic rings. The summed E-state index contributed by atoms with van der Waals surface area (Å²) in [4.78, 5) is 24.7. The fraction of sp³-hybridized carbons (Fsp3) is 0.333. The monoisotopic (exact) mass is 367 g/mol. The predicted octanol–water partition coefficient (Wildman–Crippen LogP) is 4.58. The molecular weight excluding hydrogens is 348 g/mol. The third-order valence-electron chi connectivity index (χ3n) is 3.63. The van der Waals surface area contributed by atoms with E-state index in [1.807, 2.05) is 6.92 Å². The number of hydrogen-bond donors (Lipinski definition) is 1. The van der Waals surface area contributed by atoms with Gasteiger partial charge >= 0.3 is 6.61 Å². The number of hydrogen-bond acceptors (Lipinski definition) is 4. The molecule has 0 spiro atoms. The number of carbonyl (C=O) groups excluding carboxylic acids is 2. The van der Waals surface area contributed by atoms with Crippen LogP contribution >= 0.6 is 11.3 Å². The van der Waals surface area contributed by atoms with Gasteiger partial charge in [-0.15, -0.1) is 11.3 Å². The summed E-state index contributed by atoms with van der Waals surface area (Å²) in [6.07, 6.45) is 0.664. The predicted molar refractivity (Wildman–Crippen MR) is 92.1 cm³/mol. The van der Waals surface area contributed by atoms with E-state index in [1.165, 1.54) is 17.4 Å². The summed E-state index contributed by atoms with van der Waals surface area (Å²) < 4.78 is 29.6. The fourth-order valence-electron chi connectivity index (χ4n) is 2.43. The smallest absolute Gasteiger partial charge is 0.387 e. The lowest BCUT2D eigenvalue weighted by atomic mass is 10.0. The van der Waals surface area contributed by atoms with Crippen LogP contribution < -0.4 is 10.1 Å². The molecule has 0 aliphatic carbocycles. The summed E-state index contributed by atoms with van der Waals surface area (Å²) in [6.45, 7) is -1.10. The van der Waals surface area contributed by atoms with E-state index in [9.17, 15) is 18.4 Å². The number of benzene rings is 1. The lowest BCUT2D eigenvalue weighted by molar-refractivity contribution is -0.121. The molecule has 1 N–H and O–H groups in total. The van der Waals surface area contributed by atoms with Gasteiger partial charge in [-0.05, 0) is 23.9 Å². The van der Waals surface area contributed by atoms with E-state index in [2.05, 4.69) is 10.1 Å². The Bertz CT molecular complexity index is 704. The maximum Gasteiger partial charge on any atom is 0.387 e. The first kappa shape index (κ1) is 19.1. The molecule has 0 bridgehead atoms. The summed E-state index contributed by atoms with van der Waals surface area (Å²) in [5, 5.41) is 4.59. The lowest BCUT2D eigenvalue weighted by Crippen LogP contribution is -2.28. The number of nitrogens with one attached hydrogen (secondary N) is 1. The molecule has 0 radical (unpaired) electrons. The average molecular weight is 367 g/mol. The first-order valence-electron chi connectivity index (χ1n) is 7.91. The molecule has 7 heteroatoms. The number of carbonyl (C=O) groups is 2. The Kier molecular flexibility index (Phi) is 7.06. The van der Waals surface area contributed by atoms with Gasteiger partial charge in [-0.1, -0.05) is 31.2 Å². The summed E-state index contributed by atoms with van der Waals surface area (Å²) >= 11 is 1.34. The second-order valence-electron chi connectivity index (χ2n) is 5.35. The van der Waals surface area contributed by atoms with Crippen LogP contribution in [0.4, 0.5) is 8.78 Å². The summed E-state index contributed by atoms with van der Waals surface area (Å²) in [5.74, 6) is -0.345. The van der Waals surface area contributed by atoms with Crippen LogP contribution in [0.2, 0.25) is 0 Å². The highest BCUT2D eigenvalue weighted by atomic mass is 32.1. The molecule has 1 heterocycles. The van der Waals surface area contributed by atoms with Crippen LogP contribution in [0.25, 0.3) is 0 Å². The lowest BCUT2D eigenvalue weighted by Gasteiger charge is -2.20. The van der Waals surface area contributed by atoms with Crippen molar-refractivity contribution in [2.75, 3.05) is 0 Å². The minimum Gasteiger partial charge on any atom is -0.434 e. The SMILES string of the molecule is CCC(NC(=O)CCC(=O)c1cccs1)c1ccccc1OC(F)F. The van der Waals surface area contributed by atoms with Crippen molar-refractivity contribution >= 4 is 23.0 Å². The van der Waals surface area contributed by atoms with Crippen LogP contribution in [0.5, 0.6) is 5.75 Å². The quantitative estimate of drug-likeness (QED) is 0.660. The number of thiophene rings is 1. The molecule has 1 aromatic carbocycles. The molecule has 0 aliphatic rings. The molecule has 1 aromatic heterocycles. The van der Waals surface area contributed by atoms with Crippen LogP contribution in [0, 0.1) is 0 Å². The maximum absolute atomic E-state index is 12.5. The Balaban J connectivity index is 1.97. The third-order valence-corrected chi connectivity index (χ3v) is 4.54. The zero-order valence-corrected chi connectivity index (χ0v) is 14.5. The van der Waals surface area contributed by atoms with Crippen LogP contribution in [0.3, 0.4) is 0 Å². The normalized spacial score (nSPS) is 12.0. The molecule has 0 saturated heterocycles. The topological polar surface area (TPSA) is 55.4 Å². The minimum absolute atomic E-state index is 0.0410. The molecule has 134 valence electrons. The van der Waals surface area contributed by atoms with Crippen molar-refractivity contribution in [1.82, 2.24) is 5.32 Å². The van der Waals surface area contributed by atoms with Crippen molar-refractivity contribution in [2.45, 2.75) is 38.8 Å². The maximum atomic E-state index is 12.5. The van der Waals surface area contributed by atoms with Crippen molar-refractivity contribution in [1.29, 1.82) is 0 Å². The Morgan fingerprint density at radius 2 is 1.92 bits per heavy atom. The Labute approximate surface area is 148 Å². The highest BCUT2D eigenvalue weighted by Crippen LogP contribution is 2.28. The number of amides is 1. The highest BCUT2D eigenvalue weighted by Gasteiger charge is 2.19. The van der Waals surface area contributed by atoms with E-state index in [4.69, 9.17) is 0 Å². The van der Waals surface area contributed by atoms with Gasteiger partial charge in [0.05, 0.1) is 10.9 Å². The molecule has 1 atom stereocenters. The van der Waals surface area contributed by atoms with Gasteiger partial charge < -0.3 is 10.1 Å². The van der Waals surface area contributed by atoms with E-state index in [0.717, 1.165) is 0 Å². The van der Waals surface area contributed by atoms with Crippen LogP contribution in [-0.4, -0.2) is 18.3 Å². The average Bonchev–Trinajstić information content (AvgIpc) is 3.12. The van der Waals surface area contributed by atoms with Gasteiger partial charge in [0.2, 0.25) is 5.91 Å². The zero-order valence-electron chi connectivity index (χ0n) is 13.7. The number of para-hydroxylation sites is 1. The summed E-state index contributed by atoms with van der Waals surface area (Å²) in [5.41, 5.74) is 0.489. The molecule has 1 amide bonds.